The molecule has 0 saturated carbocycles. The molecule has 5 nitrogen and oxygen atoms in total. The minimum Gasteiger partial charge on any atom is -0.485 e. The van der Waals surface area contributed by atoms with Gasteiger partial charge < -0.3 is 9.26 Å². The summed E-state index contributed by atoms with van der Waals surface area (Å²) in [5.74, 6) is 1.58. The molecular formula is C13H13BrN2O3. The van der Waals surface area contributed by atoms with E-state index in [1.54, 1.807) is 18.2 Å². The fourth-order valence-corrected chi connectivity index (χ4v) is 1.93. The number of aryl methyl sites for hydroxylation is 1. The van der Waals surface area contributed by atoms with Crippen LogP contribution in [0.25, 0.3) is 0 Å². The predicted octanol–water partition coefficient (Wildman–Crippen LogP) is 3.18. The molecule has 0 radical (unpaired) electrons. The largest absolute Gasteiger partial charge is 0.485 e. The highest BCUT2D eigenvalue weighted by molar-refractivity contribution is 9.10. The van der Waals surface area contributed by atoms with Crippen molar-refractivity contribution >= 4 is 22.2 Å². The SMILES string of the molecule is CCCc1nc(COc2ccc(Br)cc2C=O)no1. The Hall–Kier alpha value is -1.69. The molecular weight excluding hydrogens is 312 g/mol. The molecule has 0 unspecified atom stereocenters. The number of hydrogen-bond donors (Lipinski definition) is 0. The van der Waals surface area contributed by atoms with Crippen LogP contribution < -0.4 is 4.74 Å². The van der Waals surface area contributed by atoms with Crippen LogP contribution >= 0.6 is 15.9 Å². The highest BCUT2D eigenvalue weighted by Crippen LogP contribution is 2.22. The van der Waals surface area contributed by atoms with Gasteiger partial charge in [-0.25, -0.2) is 0 Å². The monoisotopic (exact) mass is 324 g/mol. The molecule has 2 aromatic rings. The molecule has 0 fully saturated rings. The molecule has 100 valence electrons. The molecule has 19 heavy (non-hydrogen) atoms. The summed E-state index contributed by atoms with van der Waals surface area (Å²) in [6.07, 6.45) is 2.45. The maximum atomic E-state index is 10.9. The number of halogens is 1. The van der Waals surface area contributed by atoms with Crippen LogP contribution in [0.1, 0.15) is 35.4 Å². The fourth-order valence-electron chi connectivity index (χ4n) is 1.55. The summed E-state index contributed by atoms with van der Waals surface area (Å²) in [6.45, 7) is 2.22. The van der Waals surface area contributed by atoms with E-state index in [2.05, 4.69) is 26.1 Å². The van der Waals surface area contributed by atoms with Gasteiger partial charge in [0, 0.05) is 10.9 Å². The van der Waals surface area contributed by atoms with E-state index in [1.807, 2.05) is 6.92 Å². The molecule has 0 spiro atoms. The molecule has 1 aromatic heterocycles. The van der Waals surface area contributed by atoms with Gasteiger partial charge >= 0.3 is 0 Å². The summed E-state index contributed by atoms with van der Waals surface area (Å²) < 4.78 is 11.4. The number of rotatable bonds is 6. The van der Waals surface area contributed by atoms with Crippen LogP contribution in [-0.2, 0) is 13.0 Å². The molecule has 6 heteroatoms. The van der Waals surface area contributed by atoms with Crippen LogP contribution in [0.5, 0.6) is 5.75 Å². The second-order valence-electron chi connectivity index (χ2n) is 3.94. The number of nitrogens with zero attached hydrogens (tertiary/aromatic N) is 2. The zero-order chi connectivity index (χ0) is 13.7. The Labute approximate surface area is 119 Å². The Morgan fingerprint density at radius 1 is 1.47 bits per heavy atom. The Kier molecular flexibility index (Phi) is 4.68. The van der Waals surface area contributed by atoms with Crippen molar-refractivity contribution in [1.82, 2.24) is 10.1 Å². The molecule has 0 saturated heterocycles. The van der Waals surface area contributed by atoms with Gasteiger partial charge in [0.1, 0.15) is 5.75 Å². The molecule has 0 aliphatic carbocycles. The summed E-state index contributed by atoms with van der Waals surface area (Å²) in [6, 6.07) is 5.23. The van der Waals surface area contributed by atoms with E-state index in [0.717, 1.165) is 23.6 Å². The second-order valence-corrected chi connectivity index (χ2v) is 4.86. The molecule has 1 heterocycles. The van der Waals surface area contributed by atoms with Gasteiger partial charge in [-0.1, -0.05) is 28.0 Å². The van der Waals surface area contributed by atoms with Crippen LogP contribution in [0, 0.1) is 0 Å². The van der Waals surface area contributed by atoms with Crippen molar-refractivity contribution < 1.29 is 14.1 Å². The maximum absolute atomic E-state index is 10.9. The van der Waals surface area contributed by atoms with Gasteiger partial charge in [0.15, 0.2) is 12.9 Å². The third-order valence-electron chi connectivity index (χ3n) is 2.43. The summed E-state index contributed by atoms with van der Waals surface area (Å²) in [5.41, 5.74) is 0.478. The first-order valence-electron chi connectivity index (χ1n) is 5.92. The van der Waals surface area contributed by atoms with Crippen molar-refractivity contribution in [3.8, 4) is 5.75 Å². The number of benzene rings is 1. The Morgan fingerprint density at radius 3 is 3.05 bits per heavy atom. The van der Waals surface area contributed by atoms with Crippen molar-refractivity contribution in [2.75, 3.05) is 0 Å². The first kappa shape index (κ1) is 13.7. The van der Waals surface area contributed by atoms with Crippen molar-refractivity contribution in [1.29, 1.82) is 0 Å². The van der Waals surface area contributed by atoms with E-state index in [0.29, 0.717) is 23.0 Å². The highest BCUT2D eigenvalue weighted by atomic mass is 79.9. The summed E-state index contributed by atoms with van der Waals surface area (Å²) in [4.78, 5) is 15.1. The lowest BCUT2D eigenvalue weighted by Gasteiger charge is -2.06. The maximum Gasteiger partial charge on any atom is 0.226 e. The lowest BCUT2D eigenvalue weighted by molar-refractivity contribution is 0.111. The number of aldehydes is 1. The molecule has 1 aromatic carbocycles. The van der Waals surface area contributed by atoms with Crippen molar-refractivity contribution in [3.05, 3.63) is 40.0 Å². The summed E-state index contributed by atoms with van der Waals surface area (Å²) >= 11 is 3.30. The molecule has 2 rings (SSSR count). The van der Waals surface area contributed by atoms with Crippen LogP contribution in [-0.4, -0.2) is 16.4 Å². The lowest BCUT2D eigenvalue weighted by atomic mass is 10.2. The highest BCUT2D eigenvalue weighted by Gasteiger charge is 2.08. The normalized spacial score (nSPS) is 10.4. The Bertz CT molecular complexity index is 569. The Morgan fingerprint density at radius 2 is 2.32 bits per heavy atom. The average molecular weight is 325 g/mol. The van der Waals surface area contributed by atoms with E-state index in [1.165, 1.54) is 0 Å². The topological polar surface area (TPSA) is 65.2 Å². The van der Waals surface area contributed by atoms with Gasteiger partial charge in [-0.3, -0.25) is 4.79 Å². The third kappa shape index (κ3) is 3.64. The van der Waals surface area contributed by atoms with Gasteiger partial charge in [0.25, 0.3) is 0 Å². The van der Waals surface area contributed by atoms with E-state index in [-0.39, 0.29) is 6.61 Å². The summed E-state index contributed by atoms with van der Waals surface area (Å²) in [7, 11) is 0. The smallest absolute Gasteiger partial charge is 0.226 e. The number of hydrogen-bond acceptors (Lipinski definition) is 5. The number of carbonyl (C=O) groups is 1. The first-order valence-corrected chi connectivity index (χ1v) is 6.71. The van der Waals surface area contributed by atoms with Gasteiger partial charge in [-0.05, 0) is 24.6 Å². The zero-order valence-corrected chi connectivity index (χ0v) is 12.0. The van der Waals surface area contributed by atoms with E-state index < -0.39 is 0 Å². The third-order valence-corrected chi connectivity index (χ3v) is 2.92. The first-order chi connectivity index (χ1) is 9.22. The van der Waals surface area contributed by atoms with Gasteiger partial charge in [0.2, 0.25) is 11.7 Å². The van der Waals surface area contributed by atoms with Gasteiger partial charge in [-0.2, -0.15) is 4.98 Å². The molecule has 0 atom stereocenters. The van der Waals surface area contributed by atoms with E-state index in [4.69, 9.17) is 9.26 Å². The van der Waals surface area contributed by atoms with E-state index in [9.17, 15) is 4.79 Å². The second kappa shape index (κ2) is 6.47. The quantitative estimate of drug-likeness (QED) is 0.763. The minimum absolute atomic E-state index is 0.176. The number of ether oxygens (including phenoxy) is 1. The zero-order valence-electron chi connectivity index (χ0n) is 10.4. The van der Waals surface area contributed by atoms with Crippen molar-refractivity contribution in [2.45, 2.75) is 26.4 Å². The predicted molar refractivity (Wildman–Crippen MR) is 72.2 cm³/mol. The van der Waals surface area contributed by atoms with Crippen LogP contribution in [0.4, 0.5) is 0 Å². The fraction of sp³-hybridized carbons (Fsp3) is 0.308. The van der Waals surface area contributed by atoms with Crippen LogP contribution in [0.2, 0.25) is 0 Å². The molecule has 0 amide bonds. The standard InChI is InChI=1S/C13H13BrN2O3/c1-2-3-13-15-12(16-19-13)8-18-11-5-4-10(14)6-9(11)7-17/h4-7H,2-3,8H2,1H3. The van der Waals surface area contributed by atoms with Crippen molar-refractivity contribution in [2.24, 2.45) is 0 Å². The average Bonchev–Trinajstić information content (AvgIpc) is 2.85. The van der Waals surface area contributed by atoms with Gasteiger partial charge in [0.05, 0.1) is 5.56 Å². The molecule has 0 aliphatic heterocycles. The van der Waals surface area contributed by atoms with Gasteiger partial charge in [-0.15, -0.1) is 0 Å². The lowest BCUT2D eigenvalue weighted by Crippen LogP contribution is -2.00. The summed E-state index contributed by atoms with van der Waals surface area (Å²) in [5, 5.41) is 3.81. The number of aromatic nitrogens is 2. The molecule has 0 N–H and O–H groups in total. The Balaban J connectivity index is 2.03. The number of carbonyl (C=O) groups excluding carboxylic acids is 1. The van der Waals surface area contributed by atoms with Crippen LogP contribution in [0.15, 0.2) is 27.2 Å². The molecule has 0 aliphatic rings. The van der Waals surface area contributed by atoms with Crippen LogP contribution in [0.3, 0.4) is 0 Å². The molecule has 0 bridgehead atoms. The van der Waals surface area contributed by atoms with E-state index >= 15 is 0 Å². The minimum atomic E-state index is 0.176. The van der Waals surface area contributed by atoms with Crippen molar-refractivity contribution in [3.63, 3.8) is 0 Å².